The summed E-state index contributed by atoms with van der Waals surface area (Å²) in [4.78, 5) is 12.3. The summed E-state index contributed by atoms with van der Waals surface area (Å²) in [5.41, 5.74) is 0.980. The predicted octanol–water partition coefficient (Wildman–Crippen LogP) is 9.82. The zero-order valence-electron chi connectivity index (χ0n) is 26.2. The number of esters is 1. The van der Waals surface area contributed by atoms with Crippen LogP contribution in [0.25, 0.3) is 0 Å². The number of carbonyl (C=O) groups excluding carboxylic acids is 1. The zero-order valence-corrected chi connectivity index (χ0v) is 29.4. The first kappa shape index (κ1) is 31.3. The largest absolute Gasteiger partial charge is 0.465 e. The van der Waals surface area contributed by atoms with Gasteiger partial charge in [0.2, 0.25) is 0 Å². The van der Waals surface area contributed by atoms with Crippen molar-refractivity contribution < 1.29 is 14.0 Å². The second-order valence-corrected chi connectivity index (χ2v) is 23.0. The summed E-state index contributed by atoms with van der Waals surface area (Å²) in [6.07, 6.45) is 14.5. The van der Waals surface area contributed by atoms with Crippen LogP contribution in [-0.4, -0.2) is 30.9 Å². The molecule has 0 aromatic carbocycles. The third kappa shape index (κ3) is 6.10. The first-order valence-electron chi connectivity index (χ1n) is 16.1. The highest BCUT2D eigenvalue weighted by atomic mass is 127. The van der Waals surface area contributed by atoms with Crippen LogP contribution in [-0.2, 0) is 14.0 Å². The van der Waals surface area contributed by atoms with Crippen molar-refractivity contribution in [2.24, 2.45) is 46.3 Å². The van der Waals surface area contributed by atoms with Gasteiger partial charge >= 0.3 is 5.97 Å². The van der Waals surface area contributed by atoms with Crippen LogP contribution >= 0.6 is 22.6 Å². The average molecular weight is 659 g/mol. The number of carbonyl (C=O) groups is 1. The summed E-state index contributed by atoms with van der Waals surface area (Å²) in [6.45, 7) is 22.4. The fourth-order valence-electron chi connectivity index (χ4n) is 9.72. The first-order valence-corrected chi connectivity index (χ1v) is 20.2. The van der Waals surface area contributed by atoms with Crippen LogP contribution in [0.5, 0.6) is 0 Å². The van der Waals surface area contributed by atoms with Crippen molar-refractivity contribution in [3.05, 3.63) is 0 Å². The van der Waals surface area contributed by atoms with E-state index >= 15 is 0 Å². The van der Waals surface area contributed by atoms with Gasteiger partial charge in [-0.2, -0.15) is 0 Å². The van der Waals surface area contributed by atoms with Crippen molar-refractivity contribution in [1.29, 1.82) is 0 Å². The number of hydrogen-bond acceptors (Lipinski definition) is 3. The molecule has 4 saturated carbocycles. The van der Waals surface area contributed by atoms with E-state index in [9.17, 15) is 4.79 Å². The molecule has 0 saturated heterocycles. The lowest BCUT2D eigenvalue weighted by atomic mass is 9.44. The number of halogens is 1. The maximum absolute atomic E-state index is 12.3. The standard InChI is InChI=1S/C33H59IO3Si/c1-22(10-15-30(35)36-21-23(2)34)27-13-14-28-26-12-11-24-20-25(37-38(8,9)31(3,4)5)16-18-32(24,6)29(26)17-19-33(27,28)7/h22-29H,10-21H2,1-9H3/t22-,23?,24-,25-,26+,27-,28+,29+,32+,33-/m1/s1. The normalized spacial score (nSPS) is 41.0. The molecule has 0 aromatic heterocycles. The summed E-state index contributed by atoms with van der Waals surface area (Å²) in [5.74, 6) is 4.95. The molecule has 1 unspecified atom stereocenters. The summed E-state index contributed by atoms with van der Waals surface area (Å²) < 4.78 is 12.8. The molecule has 5 heteroatoms. The second-order valence-electron chi connectivity index (χ2n) is 16.1. The van der Waals surface area contributed by atoms with Gasteiger partial charge in [-0.1, -0.05) is 71.1 Å². The van der Waals surface area contributed by atoms with Crippen molar-refractivity contribution in [2.75, 3.05) is 6.61 Å². The minimum Gasteiger partial charge on any atom is -0.465 e. The summed E-state index contributed by atoms with van der Waals surface area (Å²) in [6, 6.07) is 0. The summed E-state index contributed by atoms with van der Waals surface area (Å²) in [7, 11) is -1.71. The predicted molar refractivity (Wildman–Crippen MR) is 170 cm³/mol. The Bertz CT molecular complexity index is 837. The smallest absolute Gasteiger partial charge is 0.305 e. The Hall–Kier alpha value is 0.377. The van der Waals surface area contributed by atoms with Crippen molar-refractivity contribution in [3.8, 4) is 0 Å². The molecule has 0 aliphatic heterocycles. The minimum absolute atomic E-state index is 0.00292. The Kier molecular flexibility index (Phi) is 9.54. The lowest BCUT2D eigenvalue weighted by Crippen LogP contribution is -2.55. The van der Waals surface area contributed by atoms with E-state index in [1.54, 1.807) is 0 Å². The average Bonchev–Trinajstić information content (AvgIpc) is 3.18. The molecule has 0 radical (unpaired) electrons. The van der Waals surface area contributed by atoms with Gasteiger partial charge in [-0.3, -0.25) is 4.79 Å². The first-order chi connectivity index (χ1) is 17.6. The Balaban J connectivity index is 1.37. The van der Waals surface area contributed by atoms with E-state index in [1.165, 1.54) is 57.8 Å². The van der Waals surface area contributed by atoms with E-state index in [2.05, 4.69) is 84.2 Å². The van der Waals surface area contributed by atoms with Crippen LogP contribution < -0.4 is 0 Å². The highest BCUT2D eigenvalue weighted by Crippen LogP contribution is 2.68. The van der Waals surface area contributed by atoms with Gasteiger partial charge in [0.25, 0.3) is 0 Å². The molecule has 0 N–H and O–H groups in total. The van der Waals surface area contributed by atoms with Crippen LogP contribution in [0, 0.1) is 46.3 Å². The molecule has 4 rings (SSSR count). The lowest BCUT2D eigenvalue weighted by molar-refractivity contribution is -0.144. The van der Waals surface area contributed by atoms with Crippen LogP contribution in [0.15, 0.2) is 0 Å². The van der Waals surface area contributed by atoms with Gasteiger partial charge in [0.05, 0.1) is 0 Å². The van der Waals surface area contributed by atoms with Crippen LogP contribution in [0.3, 0.4) is 0 Å². The quantitative estimate of drug-likeness (QED) is 0.113. The van der Waals surface area contributed by atoms with Gasteiger partial charge in [-0.05, 0) is 129 Å². The Morgan fingerprint density at radius 2 is 1.63 bits per heavy atom. The Morgan fingerprint density at radius 1 is 0.974 bits per heavy atom. The fourth-order valence-corrected chi connectivity index (χ4v) is 11.3. The summed E-state index contributed by atoms with van der Waals surface area (Å²) >= 11 is 2.32. The van der Waals surface area contributed by atoms with E-state index in [4.69, 9.17) is 9.16 Å². The minimum atomic E-state index is -1.71. The number of hydrogen-bond donors (Lipinski definition) is 0. The molecule has 0 amide bonds. The van der Waals surface area contributed by atoms with E-state index < -0.39 is 8.32 Å². The molecule has 0 heterocycles. The molecule has 38 heavy (non-hydrogen) atoms. The Labute approximate surface area is 250 Å². The number of fused-ring (bicyclic) bond motifs is 5. The lowest BCUT2D eigenvalue weighted by Gasteiger charge is -2.61. The number of rotatable bonds is 8. The molecular weight excluding hydrogens is 599 g/mol. The van der Waals surface area contributed by atoms with Gasteiger partial charge in [0.15, 0.2) is 8.32 Å². The number of ether oxygens (including phenoxy) is 1. The van der Waals surface area contributed by atoms with Crippen LogP contribution in [0.2, 0.25) is 18.1 Å². The van der Waals surface area contributed by atoms with Gasteiger partial charge in [-0.25, -0.2) is 0 Å². The third-order valence-electron chi connectivity index (χ3n) is 12.9. The molecule has 10 atom stereocenters. The van der Waals surface area contributed by atoms with Gasteiger partial charge < -0.3 is 9.16 Å². The molecule has 220 valence electrons. The summed E-state index contributed by atoms with van der Waals surface area (Å²) in [5, 5.41) is 0.295. The topological polar surface area (TPSA) is 35.5 Å². The van der Waals surface area contributed by atoms with Crippen LogP contribution in [0.1, 0.15) is 119 Å². The van der Waals surface area contributed by atoms with E-state index in [0.717, 1.165) is 36.0 Å². The van der Waals surface area contributed by atoms with Crippen molar-refractivity contribution in [1.82, 2.24) is 0 Å². The van der Waals surface area contributed by atoms with Gasteiger partial charge in [0, 0.05) is 16.4 Å². The molecule has 0 spiro atoms. The van der Waals surface area contributed by atoms with E-state index in [1.807, 2.05) is 0 Å². The van der Waals surface area contributed by atoms with Gasteiger partial charge in [0.1, 0.15) is 6.61 Å². The molecule has 4 aliphatic rings. The van der Waals surface area contributed by atoms with Gasteiger partial charge in [-0.15, -0.1) is 0 Å². The van der Waals surface area contributed by atoms with Crippen molar-refractivity contribution >= 4 is 36.9 Å². The van der Waals surface area contributed by atoms with Crippen molar-refractivity contribution in [2.45, 2.75) is 147 Å². The zero-order chi connectivity index (χ0) is 28.1. The number of alkyl halides is 1. The molecule has 0 aromatic rings. The molecule has 3 nitrogen and oxygen atoms in total. The highest BCUT2D eigenvalue weighted by Gasteiger charge is 2.60. The maximum atomic E-state index is 12.3. The van der Waals surface area contributed by atoms with E-state index in [0.29, 0.717) is 44.8 Å². The maximum Gasteiger partial charge on any atom is 0.305 e. The SMILES string of the molecule is CC(I)COC(=O)CC[C@@H](C)[C@H]1CC[C@H]2[C@@H]3CC[C@@H]4C[C@H](O[Si](C)(C)C(C)(C)C)CC[C@]4(C)[C@H]3CC[C@]12C. The molecule has 4 fully saturated rings. The van der Waals surface area contributed by atoms with Crippen molar-refractivity contribution in [3.63, 3.8) is 0 Å². The molecule has 4 aliphatic carbocycles. The molecule has 0 bridgehead atoms. The Morgan fingerprint density at radius 3 is 2.29 bits per heavy atom. The third-order valence-corrected chi connectivity index (χ3v) is 17.8. The molecular formula is C33H59IO3Si. The fraction of sp³-hybridized carbons (Fsp3) is 0.970. The highest BCUT2D eigenvalue weighted by molar-refractivity contribution is 14.1. The monoisotopic (exact) mass is 658 g/mol. The van der Waals surface area contributed by atoms with E-state index in [-0.39, 0.29) is 5.97 Å². The van der Waals surface area contributed by atoms with Crippen LogP contribution in [0.4, 0.5) is 0 Å². The second kappa shape index (κ2) is 11.6.